The number of benzene rings is 1. The molecular formula is C9H4BrF2NO2. The molecule has 0 saturated carbocycles. The molecule has 0 unspecified atom stereocenters. The third-order valence-electron chi connectivity index (χ3n) is 1.98. The van der Waals surface area contributed by atoms with Crippen LogP contribution in [0, 0.1) is 11.6 Å². The van der Waals surface area contributed by atoms with E-state index < -0.39 is 17.6 Å². The number of carbonyl (C=O) groups is 1. The zero-order valence-corrected chi connectivity index (χ0v) is 8.73. The molecule has 2 N–H and O–H groups in total. The SMILES string of the molecule is O=C(O)c1cc2cc(F)c(Br)c(F)c2[nH]1. The van der Waals surface area contributed by atoms with E-state index in [0.29, 0.717) is 0 Å². The van der Waals surface area contributed by atoms with Gasteiger partial charge >= 0.3 is 5.97 Å². The molecule has 0 bridgehead atoms. The maximum absolute atomic E-state index is 13.4. The topological polar surface area (TPSA) is 53.1 Å². The lowest BCUT2D eigenvalue weighted by molar-refractivity contribution is 0.0691. The molecule has 0 aliphatic rings. The minimum absolute atomic E-state index is 0.0272. The van der Waals surface area contributed by atoms with Crippen molar-refractivity contribution in [2.75, 3.05) is 0 Å². The molecule has 3 nitrogen and oxygen atoms in total. The minimum atomic E-state index is -1.22. The van der Waals surface area contributed by atoms with Crippen molar-refractivity contribution >= 4 is 32.8 Å². The maximum Gasteiger partial charge on any atom is 0.352 e. The number of carboxylic acids is 1. The van der Waals surface area contributed by atoms with Crippen molar-refractivity contribution in [3.05, 3.63) is 33.9 Å². The van der Waals surface area contributed by atoms with Gasteiger partial charge in [0.15, 0.2) is 5.82 Å². The van der Waals surface area contributed by atoms with Crippen molar-refractivity contribution in [1.29, 1.82) is 0 Å². The molecule has 15 heavy (non-hydrogen) atoms. The Bertz CT molecular complexity index is 565. The van der Waals surface area contributed by atoms with Gasteiger partial charge in [0.05, 0.1) is 9.99 Å². The number of nitrogens with one attached hydrogen (secondary N) is 1. The standard InChI is InChI=1S/C9H4BrF2NO2/c10-6-4(11)1-3-2-5(9(14)15)13-8(3)7(6)12/h1-2,13H,(H,14,15). The Morgan fingerprint density at radius 3 is 2.67 bits per heavy atom. The van der Waals surface area contributed by atoms with Crippen LogP contribution in [0.1, 0.15) is 10.5 Å². The molecule has 2 aromatic rings. The van der Waals surface area contributed by atoms with Crippen LogP contribution in [-0.4, -0.2) is 16.1 Å². The number of carboxylic acid groups (broad SMARTS) is 1. The molecule has 0 fully saturated rings. The number of halogens is 3. The van der Waals surface area contributed by atoms with Crippen molar-refractivity contribution in [2.24, 2.45) is 0 Å². The van der Waals surface area contributed by atoms with Gasteiger partial charge < -0.3 is 10.1 Å². The summed E-state index contributed by atoms with van der Waals surface area (Å²) in [5.74, 6) is -2.82. The van der Waals surface area contributed by atoms with Crippen molar-refractivity contribution < 1.29 is 18.7 Å². The van der Waals surface area contributed by atoms with Gasteiger partial charge in [-0.1, -0.05) is 0 Å². The highest BCUT2D eigenvalue weighted by molar-refractivity contribution is 9.10. The Balaban J connectivity index is 2.82. The number of rotatable bonds is 1. The van der Waals surface area contributed by atoms with Crippen LogP contribution in [0.5, 0.6) is 0 Å². The van der Waals surface area contributed by atoms with E-state index in [9.17, 15) is 13.6 Å². The fourth-order valence-electron chi connectivity index (χ4n) is 1.30. The first-order valence-corrected chi connectivity index (χ1v) is 4.69. The van der Waals surface area contributed by atoms with Gasteiger partial charge in [-0.25, -0.2) is 13.6 Å². The lowest BCUT2D eigenvalue weighted by atomic mass is 10.2. The van der Waals surface area contributed by atoms with Crippen LogP contribution < -0.4 is 0 Å². The third kappa shape index (κ3) is 1.50. The molecule has 0 aliphatic heterocycles. The van der Waals surface area contributed by atoms with Gasteiger partial charge in [0.2, 0.25) is 0 Å². The molecule has 1 heterocycles. The Morgan fingerprint density at radius 1 is 1.40 bits per heavy atom. The minimum Gasteiger partial charge on any atom is -0.477 e. The van der Waals surface area contributed by atoms with E-state index >= 15 is 0 Å². The summed E-state index contributed by atoms with van der Waals surface area (Å²) in [6.45, 7) is 0. The number of aromatic nitrogens is 1. The van der Waals surface area contributed by atoms with Gasteiger partial charge in [-0.15, -0.1) is 0 Å². The van der Waals surface area contributed by atoms with Crippen LogP contribution in [0.3, 0.4) is 0 Å². The van der Waals surface area contributed by atoms with Crippen LogP contribution in [-0.2, 0) is 0 Å². The van der Waals surface area contributed by atoms with Gasteiger partial charge in [-0.3, -0.25) is 0 Å². The Labute approximate surface area is 90.8 Å². The quantitative estimate of drug-likeness (QED) is 0.787. The van der Waals surface area contributed by atoms with Gasteiger partial charge in [0.1, 0.15) is 11.5 Å². The number of hydrogen-bond acceptors (Lipinski definition) is 1. The Hall–Kier alpha value is -1.43. The van der Waals surface area contributed by atoms with Crippen molar-refractivity contribution in [2.45, 2.75) is 0 Å². The summed E-state index contributed by atoms with van der Waals surface area (Å²) in [5.41, 5.74) is -0.206. The molecular weight excluding hydrogens is 272 g/mol. The van der Waals surface area contributed by atoms with E-state index in [1.165, 1.54) is 6.07 Å². The lowest BCUT2D eigenvalue weighted by Gasteiger charge is -1.97. The second-order valence-corrected chi connectivity index (χ2v) is 3.73. The summed E-state index contributed by atoms with van der Waals surface area (Å²) in [5, 5.41) is 8.84. The summed E-state index contributed by atoms with van der Waals surface area (Å²) in [4.78, 5) is 13.0. The summed E-state index contributed by atoms with van der Waals surface area (Å²) in [6.07, 6.45) is 0. The molecule has 6 heteroatoms. The van der Waals surface area contributed by atoms with E-state index in [0.717, 1.165) is 6.07 Å². The molecule has 0 radical (unpaired) electrons. The van der Waals surface area contributed by atoms with Crippen LogP contribution in [0.2, 0.25) is 0 Å². The molecule has 2 rings (SSSR count). The highest BCUT2D eigenvalue weighted by Crippen LogP contribution is 2.28. The maximum atomic E-state index is 13.4. The van der Waals surface area contributed by atoms with Crippen LogP contribution >= 0.6 is 15.9 Å². The summed E-state index contributed by atoms with van der Waals surface area (Å²) in [7, 11) is 0. The van der Waals surface area contributed by atoms with E-state index in [-0.39, 0.29) is 21.1 Å². The fraction of sp³-hybridized carbons (Fsp3) is 0. The van der Waals surface area contributed by atoms with E-state index in [1.807, 2.05) is 0 Å². The first kappa shape index (κ1) is 10.1. The van der Waals surface area contributed by atoms with Crippen LogP contribution in [0.15, 0.2) is 16.6 Å². The van der Waals surface area contributed by atoms with Gasteiger partial charge in [-0.05, 0) is 28.1 Å². The molecule has 0 saturated heterocycles. The van der Waals surface area contributed by atoms with E-state index in [4.69, 9.17) is 5.11 Å². The molecule has 1 aromatic carbocycles. The summed E-state index contributed by atoms with van der Waals surface area (Å²) >= 11 is 2.73. The van der Waals surface area contributed by atoms with Gasteiger partial charge in [0, 0.05) is 5.39 Å². The summed E-state index contributed by atoms with van der Waals surface area (Å²) in [6, 6.07) is 2.24. The van der Waals surface area contributed by atoms with Crippen molar-refractivity contribution in [3.63, 3.8) is 0 Å². The average molecular weight is 276 g/mol. The largest absolute Gasteiger partial charge is 0.477 e. The Morgan fingerprint density at radius 2 is 2.07 bits per heavy atom. The molecule has 0 amide bonds. The van der Waals surface area contributed by atoms with Crippen molar-refractivity contribution in [1.82, 2.24) is 4.98 Å². The first-order chi connectivity index (χ1) is 7.00. The smallest absolute Gasteiger partial charge is 0.352 e. The lowest BCUT2D eigenvalue weighted by Crippen LogP contribution is -1.95. The highest BCUT2D eigenvalue weighted by atomic mass is 79.9. The second-order valence-electron chi connectivity index (χ2n) is 2.94. The van der Waals surface area contributed by atoms with E-state index in [1.54, 1.807) is 0 Å². The molecule has 0 atom stereocenters. The third-order valence-corrected chi connectivity index (χ3v) is 2.71. The molecule has 0 aliphatic carbocycles. The number of fused-ring (bicyclic) bond motifs is 1. The predicted octanol–water partition coefficient (Wildman–Crippen LogP) is 2.91. The second kappa shape index (κ2) is 3.30. The van der Waals surface area contributed by atoms with Gasteiger partial charge in [0.25, 0.3) is 0 Å². The van der Waals surface area contributed by atoms with E-state index in [2.05, 4.69) is 20.9 Å². The number of H-pyrrole nitrogens is 1. The highest BCUT2D eigenvalue weighted by Gasteiger charge is 2.15. The first-order valence-electron chi connectivity index (χ1n) is 3.90. The molecule has 0 spiro atoms. The monoisotopic (exact) mass is 275 g/mol. The average Bonchev–Trinajstić information content (AvgIpc) is 2.58. The fourth-order valence-corrected chi connectivity index (χ4v) is 1.61. The normalized spacial score (nSPS) is 10.9. The number of aromatic amines is 1. The van der Waals surface area contributed by atoms with Crippen LogP contribution in [0.25, 0.3) is 10.9 Å². The number of hydrogen-bond donors (Lipinski definition) is 2. The van der Waals surface area contributed by atoms with Gasteiger partial charge in [-0.2, -0.15) is 0 Å². The zero-order chi connectivity index (χ0) is 11.2. The van der Waals surface area contributed by atoms with Crippen molar-refractivity contribution in [3.8, 4) is 0 Å². The Kier molecular flexibility index (Phi) is 2.22. The van der Waals surface area contributed by atoms with Crippen LogP contribution in [0.4, 0.5) is 8.78 Å². The molecule has 1 aromatic heterocycles. The number of aromatic carboxylic acids is 1. The molecule has 78 valence electrons. The summed E-state index contributed by atoms with van der Waals surface area (Å²) < 4.78 is 26.2. The zero-order valence-electron chi connectivity index (χ0n) is 7.14. The predicted molar refractivity (Wildman–Crippen MR) is 52.9 cm³/mol.